The van der Waals surface area contributed by atoms with Crippen molar-refractivity contribution in [3.63, 3.8) is 0 Å². The van der Waals surface area contributed by atoms with Crippen molar-refractivity contribution >= 4 is 45.3 Å². The number of anilines is 3. The predicted molar refractivity (Wildman–Crippen MR) is 219 cm³/mol. The van der Waals surface area contributed by atoms with Gasteiger partial charge in [0.2, 0.25) is 16.9 Å². The molecule has 2 N–H and O–H groups in total. The normalized spacial score (nSPS) is 20.5. The molecule has 294 valence electrons. The number of likely N-dealkylation sites (tertiary alicyclic amines) is 1. The third-order valence-electron chi connectivity index (χ3n) is 12.2. The molecule has 15 nitrogen and oxygen atoms in total. The zero-order valence-corrected chi connectivity index (χ0v) is 33.0. The summed E-state index contributed by atoms with van der Waals surface area (Å²) in [5, 5.41) is 30.5. The summed E-state index contributed by atoms with van der Waals surface area (Å²) in [6, 6.07) is 14.6. The van der Waals surface area contributed by atoms with E-state index in [-0.39, 0.29) is 17.7 Å². The Morgan fingerprint density at radius 3 is 2.44 bits per heavy atom. The summed E-state index contributed by atoms with van der Waals surface area (Å²) in [6.45, 7) is 9.46. The lowest BCUT2D eigenvalue weighted by Gasteiger charge is -2.43. The molecule has 0 spiro atoms. The lowest BCUT2D eigenvalue weighted by atomic mass is 9.91. The topological polar surface area (TPSA) is 164 Å². The fourth-order valence-corrected chi connectivity index (χ4v) is 9.86. The van der Waals surface area contributed by atoms with Crippen molar-refractivity contribution in [3.8, 4) is 28.0 Å². The van der Waals surface area contributed by atoms with Crippen molar-refractivity contribution in [2.24, 2.45) is 5.92 Å². The van der Waals surface area contributed by atoms with Crippen LogP contribution in [0.3, 0.4) is 0 Å². The quantitative estimate of drug-likeness (QED) is 0.204. The van der Waals surface area contributed by atoms with Crippen molar-refractivity contribution in [3.05, 3.63) is 66.1 Å². The minimum absolute atomic E-state index is 0.189. The molecular weight excluding hydrogens is 739 g/mol. The number of pyridine rings is 2. The van der Waals surface area contributed by atoms with E-state index < -0.39 is 0 Å². The highest BCUT2D eigenvalue weighted by Crippen LogP contribution is 2.36. The van der Waals surface area contributed by atoms with Crippen LogP contribution in [-0.4, -0.2) is 123 Å². The lowest BCUT2D eigenvalue weighted by molar-refractivity contribution is -0.134. The number of piperidine rings is 3. The van der Waals surface area contributed by atoms with E-state index in [0.29, 0.717) is 30.4 Å². The van der Waals surface area contributed by atoms with E-state index in [1.807, 2.05) is 55.8 Å². The zero-order chi connectivity index (χ0) is 38.9. The average molecular weight is 786 g/mol. The van der Waals surface area contributed by atoms with Crippen LogP contribution in [-0.2, 0) is 9.59 Å². The maximum Gasteiger partial charge on any atom is 0.234 e. The molecule has 0 saturated carbocycles. The first-order chi connectivity index (χ1) is 27.9. The summed E-state index contributed by atoms with van der Waals surface area (Å²) in [5.74, 6) is 0.983. The number of amides is 2. The van der Waals surface area contributed by atoms with Gasteiger partial charge in [0, 0.05) is 83.4 Å². The van der Waals surface area contributed by atoms with Gasteiger partial charge in [0.25, 0.3) is 0 Å². The summed E-state index contributed by atoms with van der Waals surface area (Å²) in [4.78, 5) is 43.4. The number of nitrogens with zero attached hydrogens (tertiary/aromatic N) is 11. The number of hydrogen-bond acceptors (Lipinski definition) is 14. The van der Waals surface area contributed by atoms with Crippen LogP contribution in [0.15, 0.2) is 55.0 Å². The molecule has 4 saturated heterocycles. The molecule has 9 rings (SSSR count). The monoisotopic (exact) mass is 785 g/mol. The predicted octanol–water partition coefficient (Wildman–Crippen LogP) is 4.25. The Hall–Kier alpha value is -5.50. The molecule has 4 aliphatic rings. The number of nitrogens with one attached hydrogen (secondary N) is 2. The molecule has 0 bridgehead atoms. The van der Waals surface area contributed by atoms with Crippen molar-refractivity contribution in [1.82, 2.24) is 44.9 Å². The first-order valence-corrected chi connectivity index (χ1v) is 20.9. The Morgan fingerprint density at radius 1 is 0.877 bits per heavy atom. The van der Waals surface area contributed by atoms with Gasteiger partial charge in [0.15, 0.2) is 5.01 Å². The van der Waals surface area contributed by atoms with Crippen LogP contribution in [0.4, 0.5) is 16.6 Å². The Morgan fingerprint density at radius 2 is 1.70 bits per heavy atom. The molecule has 5 aromatic heterocycles. The van der Waals surface area contributed by atoms with Crippen LogP contribution in [0.2, 0.25) is 0 Å². The Kier molecular flexibility index (Phi) is 10.5. The largest absolute Gasteiger partial charge is 0.387 e. The molecule has 0 aromatic carbocycles. The van der Waals surface area contributed by atoms with E-state index in [4.69, 9.17) is 9.97 Å². The minimum atomic E-state index is -0.292. The van der Waals surface area contributed by atoms with Crippen molar-refractivity contribution in [1.29, 1.82) is 5.26 Å². The molecule has 0 aliphatic carbocycles. The molecule has 5 aromatic rings. The van der Waals surface area contributed by atoms with Gasteiger partial charge in [-0.3, -0.25) is 24.8 Å². The van der Waals surface area contributed by atoms with E-state index >= 15 is 0 Å². The van der Waals surface area contributed by atoms with Gasteiger partial charge in [-0.25, -0.2) is 9.50 Å². The average Bonchev–Trinajstić information content (AvgIpc) is 3.92. The summed E-state index contributed by atoms with van der Waals surface area (Å²) >= 11 is 1.61. The number of nitriles is 1. The SMILES string of the molecule is CNc1cc(-c2ccc3cc(C#N)cnn23)ncc1-c1nnc(N2CCN(C3CCN(CC4CCN(c5ccc(C6CCC(=O)NC6=O)cn5)CC4)CC3)CC2)s1. The van der Waals surface area contributed by atoms with Crippen LogP contribution in [0.1, 0.15) is 55.6 Å². The summed E-state index contributed by atoms with van der Waals surface area (Å²) in [5.41, 5.74) is 5.71. The van der Waals surface area contributed by atoms with Gasteiger partial charge in [-0.2, -0.15) is 10.4 Å². The number of imide groups is 1. The molecule has 57 heavy (non-hydrogen) atoms. The van der Waals surface area contributed by atoms with E-state index in [1.54, 1.807) is 22.0 Å². The van der Waals surface area contributed by atoms with Gasteiger partial charge in [-0.15, -0.1) is 10.2 Å². The maximum atomic E-state index is 12.3. The first kappa shape index (κ1) is 37.1. The Labute approximate surface area is 335 Å². The van der Waals surface area contributed by atoms with Crippen LogP contribution >= 0.6 is 11.3 Å². The van der Waals surface area contributed by atoms with Crippen molar-refractivity contribution in [2.45, 2.75) is 50.5 Å². The highest BCUT2D eigenvalue weighted by atomic mass is 32.1. The van der Waals surface area contributed by atoms with Gasteiger partial charge < -0.3 is 20.0 Å². The third-order valence-corrected chi connectivity index (χ3v) is 13.3. The third kappa shape index (κ3) is 7.79. The van der Waals surface area contributed by atoms with Crippen LogP contribution in [0.5, 0.6) is 0 Å². The molecule has 9 heterocycles. The van der Waals surface area contributed by atoms with Crippen LogP contribution < -0.4 is 20.4 Å². The van der Waals surface area contributed by atoms with Crippen molar-refractivity contribution < 1.29 is 9.59 Å². The standard InChI is InChI=1S/C41H47N13O2S/c1-43-34-21-35(36-5-3-31-20-28(22-42)23-46-54(31)36)44-25-33(34)40-48-49-41(57-40)53-18-16-51(17-19-53)30-10-12-50(13-11-30)26-27-8-14-52(15-9-27)37-6-2-29(24-45-37)32-4-7-38(55)47-39(32)56/h2-3,5-6,20-21,23-25,27,30,32H,4,7-19,26H2,1H3,(H,43,44)(H,47,55,56). The number of aromatic nitrogens is 6. The van der Waals surface area contributed by atoms with E-state index in [0.717, 1.165) is 102 Å². The van der Waals surface area contributed by atoms with Gasteiger partial charge in [0.05, 0.1) is 40.1 Å². The van der Waals surface area contributed by atoms with Gasteiger partial charge >= 0.3 is 0 Å². The van der Waals surface area contributed by atoms with E-state index in [9.17, 15) is 14.9 Å². The Balaban J connectivity index is 0.725. The number of carbonyl (C=O) groups excluding carboxylic acids is 2. The molecule has 4 fully saturated rings. The smallest absolute Gasteiger partial charge is 0.234 e. The number of hydrogen-bond donors (Lipinski definition) is 2. The maximum absolute atomic E-state index is 12.3. The second-order valence-electron chi connectivity index (χ2n) is 15.6. The molecule has 0 radical (unpaired) electrons. The molecule has 4 aliphatic heterocycles. The zero-order valence-electron chi connectivity index (χ0n) is 32.2. The van der Waals surface area contributed by atoms with E-state index in [2.05, 4.69) is 51.6 Å². The second kappa shape index (κ2) is 16.2. The van der Waals surface area contributed by atoms with Gasteiger partial charge in [-0.1, -0.05) is 17.4 Å². The molecule has 2 amide bonds. The summed E-state index contributed by atoms with van der Waals surface area (Å²) in [7, 11) is 1.90. The first-order valence-electron chi connectivity index (χ1n) is 20.1. The highest BCUT2D eigenvalue weighted by molar-refractivity contribution is 7.18. The molecule has 1 atom stereocenters. The summed E-state index contributed by atoms with van der Waals surface area (Å²) < 4.78 is 1.80. The highest BCUT2D eigenvalue weighted by Gasteiger charge is 2.31. The molecule has 16 heteroatoms. The number of carbonyl (C=O) groups is 2. The number of piperazine rings is 1. The molecular formula is C41H47N13O2S. The minimum Gasteiger partial charge on any atom is -0.387 e. The van der Waals surface area contributed by atoms with E-state index in [1.165, 1.54) is 32.2 Å². The van der Waals surface area contributed by atoms with Gasteiger partial charge in [0.1, 0.15) is 11.9 Å². The summed E-state index contributed by atoms with van der Waals surface area (Å²) in [6.07, 6.45) is 10.9. The fraction of sp³-hybridized carbons (Fsp3) is 0.463. The van der Waals surface area contributed by atoms with Crippen LogP contribution in [0.25, 0.3) is 27.5 Å². The number of rotatable bonds is 9. The Bertz CT molecular complexity index is 2280. The van der Waals surface area contributed by atoms with Crippen LogP contribution in [0, 0.1) is 17.2 Å². The second-order valence-corrected chi connectivity index (χ2v) is 16.6. The van der Waals surface area contributed by atoms with Gasteiger partial charge in [-0.05, 0) is 87.0 Å². The number of fused-ring (bicyclic) bond motifs is 1. The molecule has 1 unspecified atom stereocenters. The lowest BCUT2D eigenvalue weighted by Crippen LogP contribution is -2.53. The fourth-order valence-electron chi connectivity index (χ4n) is 8.94. The van der Waals surface area contributed by atoms with Crippen molar-refractivity contribution in [2.75, 3.05) is 81.1 Å².